The molecular formula is C35H38BrN3O7. The van der Waals surface area contributed by atoms with Crippen molar-refractivity contribution in [3.8, 4) is 0 Å². The zero-order valence-electron chi connectivity index (χ0n) is 25.6. The van der Waals surface area contributed by atoms with Crippen LogP contribution >= 0.6 is 15.9 Å². The number of hydrogen-bond acceptors (Lipinski definition) is 7. The molecule has 242 valence electrons. The number of carbonyl (C=O) groups is 4. The number of benzene rings is 2. The number of rotatable bonds is 6. The molecule has 1 spiro atoms. The smallest absolute Gasteiger partial charge is 0.313 e. The molecule has 2 aromatic carbocycles. The highest BCUT2D eigenvalue weighted by Gasteiger charge is 2.75. The first-order valence-electron chi connectivity index (χ1n) is 15.7. The van der Waals surface area contributed by atoms with Crippen molar-refractivity contribution < 1.29 is 33.8 Å². The molecule has 0 aliphatic carbocycles. The van der Waals surface area contributed by atoms with E-state index in [4.69, 9.17) is 9.47 Å². The molecule has 4 heterocycles. The van der Waals surface area contributed by atoms with Crippen LogP contribution in [0.3, 0.4) is 0 Å². The van der Waals surface area contributed by atoms with Gasteiger partial charge in [0.25, 0.3) is 0 Å². The zero-order valence-corrected chi connectivity index (χ0v) is 27.2. The van der Waals surface area contributed by atoms with E-state index in [0.29, 0.717) is 17.3 Å². The highest BCUT2D eigenvalue weighted by molar-refractivity contribution is 9.11. The summed E-state index contributed by atoms with van der Waals surface area (Å²) in [5.74, 6) is -3.69. The Balaban J connectivity index is 1.46. The summed E-state index contributed by atoms with van der Waals surface area (Å²) >= 11 is 3.57. The molecule has 2 fully saturated rings. The number of hydrogen-bond donors (Lipinski definition) is 2. The van der Waals surface area contributed by atoms with Crippen LogP contribution < -0.4 is 5.32 Å². The number of ether oxygens (including phenoxy) is 2. The summed E-state index contributed by atoms with van der Waals surface area (Å²) in [6, 6.07) is 17.1. The number of esters is 1. The highest BCUT2D eigenvalue weighted by Crippen LogP contribution is 2.59. The second-order valence-electron chi connectivity index (χ2n) is 12.4. The Morgan fingerprint density at radius 2 is 1.70 bits per heavy atom. The van der Waals surface area contributed by atoms with Gasteiger partial charge in [0.15, 0.2) is 0 Å². The van der Waals surface area contributed by atoms with E-state index < -0.39 is 60.2 Å². The Morgan fingerprint density at radius 1 is 1.00 bits per heavy atom. The third-order valence-electron chi connectivity index (χ3n) is 9.25. The van der Waals surface area contributed by atoms with Crippen LogP contribution in [-0.2, 0) is 41.6 Å². The predicted molar refractivity (Wildman–Crippen MR) is 172 cm³/mol. The maximum atomic E-state index is 15.0. The Morgan fingerprint density at radius 3 is 2.39 bits per heavy atom. The minimum atomic E-state index is -1.46. The first-order valence-corrected chi connectivity index (χ1v) is 16.5. The number of nitrogens with zero attached hydrogens (tertiary/aromatic N) is 2. The van der Waals surface area contributed by atoms with Gasteiger partial charge < -0.3 is 29.7 Å². The van der Waals surface area contributed by atoms with Gasteiger partial charge in [-0.2, -0.15) is 0 Å². The first-order chi connectivity index (χ1) is 22.2. The van der Waals surface area contributed by atoms with Gasteiger partial charge >= 0.3 is 5.97 Å². The fraction of sp³-hybridized carbons (Fsp3) is 0.429. The SMILES string of the molecule is C[C@H]1CNC(=O)CC/C=C\CN(Cc2ccccc2)C(=O)[C@H]2N([C@@H](CO)Cc3ccccc3)C(=O)[C@@H]3[C@@H](C(=O)O1)[C@@H]1O[C@@]32C=C1Br. The molecule has 4 aliphatic rings. The quantitative estimate of drug-likeness (QED) is 0.353. The number of likely N-dealkylation sites (tertiary alicyclic amines) is 1. The van der Waals surface area contributed by atoms with Gasteiger partial charge in [-0.1, -0.05) is 88.7 Å². The molecular weight excluding hydrogens is 654 g/mol. The molecule has 3 amide bonds. The minimum Gasteiger partial charge on any atom is -0.460 e. The molecule has 10 nitrogen and oxygen atoms in total. The van der Waals surface area contributed by atoms with Crippen LogP contribution in [0.1, 0.15) is 30.9 Å². The van der Waals surface area contributed by atoms with E-state index in [9.17, 15) is 24.3 Å². The predicted octanol–water partition coefficient (Wildman–Crippen LogP) is 2.89. The van der Waals surface area contributed by atoms with Crippen molar-refractivity contribution in [2.24, 2.45) is 11.8 Å². The third kappa shape index (κ3) is 6.03. The van der Waals surface area contributed by atoms with Crippen LogP contribution in [0, 0.1) is 11.8 Å². The fourth-order valence-corrected chi connectivity index (χ4v) is 7.88. The average molecular weight is 693 g/mol. The largest absolute Gasteiger partial charge is 0.460 e. The van der Waals surface area contributed by atoms with Gasteiger partial charge in [0, 0.05) is 24.0 Å². The van der Waals surface area contributed by atoms with Gasteiger partial charge in [-0.05, 0) is 37.0 Å². The lowest BCUT2D eigenvalue weighted by atomic mass is 9.74. The van der Waals surface area contributed by atoms with Gasteiger partial charge in [0.1, 0.15) is 29.8 Å². The standard InChI is InChI=1S/C35H38BrN3O7/c1-22-19-37-27(41)15-9-4-10-16-38(20-24-13-7-3-8-14-24)33(43)31-35-18-26(36)30(46-35)28(34(44)45-22)29(35)32(42)39(31)25(21-40)17-23-11-5-2-6-12-23/h2-8,10-14,18,22,25,28-31,40H,9,15-17,19-21H2,1H3,(H,37,41)/b10-4-/t22-,25+,28+,29-,30+,31+,35-/m0/s1. The van der Waals surface area contributed by atoms with Crippen LogP contribution in [0.15, 0.2) is 83.4 Å². The second-order valence-corrected chi connectivity index (χ2v) is 13.3. The molecule has 7 atom stereocenters. The Hall–Kier alpha value is -3.80. The summed E-state index contributed by atoms with van der Waals surface area (Å²) < 4.78 is 12.9. The topological polar surface area (TPSA) is 125 Å². The molecule has 4 aliphatic heterocycles. The number of carbonyl (C=O) groups excluding carboxylic acids is 4. The highest BCUT2D eigenvalue weighted by atomic mass is 79.9. The molecule has 2 aromatic rings. The van der Waals surface area contributed by atoms with Crippen molar-refractivity contribution in [2.75, 3.05) is 19.7 Å². The normalized spacial score (nSPS) is 31.3. The molecule has 0 aromatic heterocycles. The molecule has 11 heteroatoms. The molecule has 2 N–H and O–H groups in total. The number of amides is 3. The first kappa shape index (κ1) is 32.2. The molecule has 0 unspecified atom stereocenters. The zero-order chi connectivity index (χ0) is 32.4. The van der Waals surface area contributed by atoms with E-state index in [-0.39, 0.29) is 37.9 Å². The fourth-order valence-electron chi connectivity index (χ4n) is 7.14. The van der Waals surface area contributed by atoms with Gasteiger partial charge in [-0.25, -0.2) is 0 Å². The number of allylic oxidation sites excluding steroid dienone is 1. The van der Waals surface area contributed by atoms with Crippen molar-refractivity contribution in [1.29, 1.82) is 0 Å². The number of fused-ring (bicyclic) bond motifs is 2. The summed E-state index contributed by atoms with van der Waals surface area (Å²) in [6.07, 6.45) is 5.01. The van der Waals surface area contributed by atoms with Crippen LogP contribution in [0.5, 0.6) is 0 Å². The summed E-state index contributed by atoms with van der Waals surface area (Å²) in [4.78, 5) is 59.0. The number of aliphatic hydroxyl groups excluding tert-OH is 1. The lowest BCUT2D eigenvalue weighted by molar-refractivity contribution is -0.159. The summed E-state index contributed by atoms with van der Waals surface area (Å²) in [5.41, 5.74) is 0.323. The molecule has 0 saturated carbocycles. The second kappa shape index (κ2) is 13.5. The Kier molecular flexibility index (Phi) is 9.44. The Labute approximate surface area is 276 Å². The van der Waals surface area contributed by atoms with Crippen molar-refractivity contribution in [2.45, 2.75) is 62.6 Å². The van der Waals surface area contributed by atoms with Gasteiger partial charge in [-0.15, -0.1) is 0 Å². The van der Waals surface area contributed by atoms with Crippen LogP contribution in [0.2, 0.25) is 0 Å². The minimum absolute atomic E-state index is 0.120. The molecule has 46 heavy (non-hydrogen) atoms. The Bertz CT molecular complexity index is 1530. The average Bonchev–Trinajstić information content (AvgIpc) is 3.65. The lowest BCUT2D eigenvalue weighted by Crippen LogP contribution is -2.58. The van der Waals surface area contributed by atoms with Crippen LogP contribution in [-0.4, -0.2) is 88.2 Å². The maximum absolute atomic E-state index is 15.0. The van der Waals surface area contributed by atoms with Crippen molar-refractivity contribution in [3.63, 3.8) is 0 Å². The summed E-state index contributed by atoms with van der Waals surface area (Å²) in [6.45, 7) is 1.87. The molecule has 0 radical (unpaired) electrons. The van der Waals surface area contributed by atoms with E-state index >= 15 is 0 Å². The van der Waals surface area contributed by atoms with Crippen molar-refractivity contribution in [1.82, 2.24) is 15.1 Å². The van der Waals surface area contributed by atoms with E-state index in [1.807, 2.05) is 72.8 Å². The molecule has 5 bridgehead atoms. The van der Waals surface area contributed by atoms with Gasteiger partial charge in [0.2, 0.25) is 17.7 Å². The molecule has 6 rings (SSSR count). The van der Waals surface area contributed by atoms with E-state index in [1.165, 1.54) is 4.90 Å². The lowest BCUT2D eigenvalue weighted by Gasteiger charge is -2.39. The van der Waals surface area contributed by atoms with Crippen molar-refractivity contribution >= 4 is 39.6 Å². The number of nitrogens with one attached hydrogen (secondary N) is 1. The van der Waals surface area contributed by atoms with Gasteiger partial charge in [-0.3, -0.25) is 19.2 Å². The summed E-state index contributed by atoms with van der Waals surface area (Å²) in [7, 11) is 0. The summed E-state index contributed by atoms with van der Waals surface area (Å²) in [5, 5.41) is 13.6. The van der Waals surface area contributed by atoms with E-state index in [1.54, 1.807) is 17.9 Å². The number of aliphatic hydroxyl groups is 1. The molecule has 2 saturated heterocycles. The number of halogens is 1. The van der Waals surface area contributed by atoms with Crippen LogP contribution in [0.25, 0.3) is 0 Å². The van der Waals surface area contributed by atoms with E-state index in [0.717, 1.165) is 11.1 Å². The van der Waals surface area contributed by atoms with Gasteiger partial charge in [0.05, 0.1) is 25.1 Å². The maximum Gasteiger partial charge on any atom is 0.313 e. The van der Waals surface area contributed by atoms with Crippen molar-refractivity contribution in [3.05, 3.63) is 94.5 Å². The van der Waals surface area contributed by atoms with E-state index in [2.05, 4.69) is 21.2 Å². The third-order valence-corrected chi connectivity index (χ3v) is 9.93. The monoisotopic (exact) mass is 691 g/mol. The van der Waals surface area contributed by atoms with Crippen LogP contribution in [0.4, 0.5) is 0 Å². The number of cyclic esters (lactones) is 1.